The quantitative estimate of drug-likeness (QED) is 0.815. The van der Waals surface area contributed by atoms with Gasteiger partial charge in [-0.15, -0.1) is 0 Å². The molecular weight excluding hydrogens is 315 g/mol. The average molecular weight is 331 g/mol. The van der Waals surface area contributed by atoms with Crippen LogP contribution in [0.15, 0.2) is 12.5 Å². The number of alkyl halides is 3. The van der Waals surface area contributed by atoms with Crippen molar-refractivity contribution >= 4 is 23.3 Å². The molecule has 1 amide bonds. The molecule has 0 saturated carbocycles. The third-order valence-corrected chi connectivity index (χ3v) is 3.21. The highest BCUT2D eigenvalue weighted by molar-refractivity contribution is 5.90. The number of fused-ring (bicyclic) bond motifs is 1. The summed E-state index contributed by atoms with van der Waals surface area (Å²) in [7, 11) is 1.51. The second-order valence-electron chi connectivity index (χ2n) is 4.65. The highest BCUT2D eigenvalue weighted by Gasteiger charge is 2.35. The van der Waals surface area contributed by atoms with Gasteiger partial charge in [0.25, 0.3) is 0 Å². The number of carbonyl (C=O) groups is 1. The largest absolute Gasteiger partial charge is 0.418 e. The van der Waals surface area contributed by atoms with Crippen LogP contribution in [-0.4, -0.2) is 59.6 Å². The fraction of sp³-hybridized carbons (Fsp3) is 0.462. The molecule has 0 radical (unpaired) electrons. The molecule has 23 heavy (non-hydrogen) atoms. The normalized spacial score (nSPS) is 15.0. The Labute approximate surface area is 129 Å². The number of aromatic amines is 1. The zero-order chi connectivity index (χ0) is 16.9. The number of anilines is 1. The first-order valence-electron chi connectivity index (χ1n) is 6.81. The van der Waals surface area contributed by atoms with Gasteiger partial charge in [-0.1, -0.05) is 0 Å². The molecule has 1 aliphatic rings. The van der Waals surface area contributed by atoms with E-state index in [2.05, 4.69) is 20.3 Å². The van der Waals surface area contributed by atoms with Gasteiger partial charge in [0.1, 0.15) is 17.8 Å². The molecule has 1 saturated heterocycles. The number of morpholine rings is 1. The summed E-state index contributed by atoms with van der Waals surface area (Å²) in [6.07, 6.45) is -1.46. The van der Waals surface area contributed by atoms with Gasteiger partial charge in [0.2, 0.25) is 6.41 Å². The highest BCUT2D eigenvalue weighted by Crippen LogP contribution is 2.36. The molecule has 0 aliphatic carbocycles. The number of nitrogens with one attached hydrogen (secondary N) is 2. The Morgan fingerprint density at radius 1 is 1.35 bits per heavy atom. The van der Waals surface area contributed by atoms with Crippen LogP contribution in [0.4, 0.5) is 19.0 Å². The lowest BCUT2D eigenvalue weighted by Crippen LogP contribution is -2.34. The molecule has 0 bridgehead atoms. The predicted octanol–water partition coefficient (Wildman–Crippen LogP) is 1.49. The molecule has 2 N–H and O–H groups in total. The van der Waals surface area contributed by atoms with Crippen LogP contribution in [-0.2, 0) is 15.7 Å². The van der Waals surface area contributed by atoms with Crippen molar-refractivity contribution in [3.63, 3.8) is 0 Å². The Kier molecular flexibility index (Phi) is 5.37. The van der Waals surface area contributed by atoms with Gasteiger partial charge in [-0.05, 0) is 0 Å². The number of nitrogens with zero attached hydrogens (tertiary/aromatic N) is 3. The number of amides is 1. The van der Waals surface area contributed by atoms with Crippen molar-refractivity contribution < 1.29 is 22.7 Å². The Morgan fingerprint density at radius 3 is 2.57 bits per heavy atom. The predicted molar refractivity (Wildman–Crippen MR) is 76.9 cm³/mol. The fourth-order valence-corrected chi connectivity index (χ4v) is 2.06. The van der Waals surface area contributed by atoms with E-state index in [1.807, 2.05) is 0 Å². The maximum atomic E-state index is 12.6. The third kappa shape index (κ3) is 4.09. The zero-order valence-electron chi connectivity index (χ0n) is 12.4. The summed E-state index contributed by atoms with van der Waals surface area (Å²) >= 11 is 0. The Balaban J connectivity index is 0.000000203. The van der Waals surface area contributed by atoms with Crippen LogP contribution < -0.4 is 5.32 Å². The van der Waals surface area contributed by atoms with E-state index >= 15 is 0 Å². The number of carbonyl (C=O) groups excluding carboxylic acids is 1. The van der Waals surface area contributed by atoms with Crippen molar-refractivity contribution in [2.75, 3.05) is 38.7 Å². The maximum absolute atomic E-state index is 12.6. The molecule has 0 unspecified atom stereocenters. The monoisotopic (exact) mass is 331 g/mol. The minimum atomic E-state index is -4.41. The van der Waals surface area contributed by atoms with E-state index in [1.54, 1.807) is 4.90 Å². The molecule has 0 aromatic carbocycles. The number of H-pyrrole nitrogens is 1. The molecule has 3 heterocycles. The van der Waals surface area contributed by atoms with Gasteiger partial charge in [-0.2, -0.15) is 13.2 Å². The second kappa shape index (κ2) is 7.27. The van der Waals surface area contributed by atoms with Crippen LogP contribution >= 0.6 is 0 Å². The highest BCUT2D eigenvalue weighted by atomic mass is 19.4. The van der Waals surface area contributed by atoms with E-state index in [1.165, 1.54) is 13.4 Å². The van der Waals surface area contributed by atoms with Crippen LogP contribution in [0.25, 0.3) is 11.0 Å². The van der Waals surface area contributed by atoms with Crippen molar-refractivity contribution in [2.24, 2.45) is 0 Å². The van der Waals surface area contributed by atoms with E-state index in [0.717, 1.165) is 25.7 Å². The van der Waals surface area contributed by atoms with Gasteiger partial charge in [-0.25, -0.2) is 9.97 Å². The molecule has 2 aromatic rings. The summed E-state index contributed by atoms with van der Waals surface area (Å²) < 4.78 is 42.7. The fourth-order valence-electron chi connectivity index (χ4n) is 2.06. The molecule has 0 spiro atoms. The third-order valence-electron chi connectivity index (χ3n) is 3.21. The van der Waals surface area contributed by atoms with Gasteiger partial charge in [0, 0.05) is 26.3 Å². The zero-order valence-corrected chi connectivity index (χ0v) is 12.4. The Hall–Kier alpha value is -2.36. The molecular formula is C13H16F3N5O2. The van der Waals surface area contributed by atoms with E-state index in [-0.39, 0.29) is 16.9 Å². The van der Waals surface area contributed by atoms with E-state index in [4.69, 9.17) is 4.74 Å². The van der Waals surface area contributed by atoms with Gasteiger partial charge >= 0.3 is 6.18 Å². The SMILES string of the molecule is CNc1ncnc2[nH]cc(C(F)(F)F)c12.O=CN1CCOCC1. The number of hydrogen-bond donors (Lipinski definition) is 2. The van der Waals surface area contributed by atoms with Gasteiger partial charge < -0.3 is 19.9 Å². The average Bonchev–Trinajstić information content (AvgIpc) is 3.00. The molecule has 10 heteroatoms. The number of halogens is 3. The molecule has 1 aliphatic heterocycles. The number of ether oxygens (including phenoxy) is 1. The molecule has 126 valence electrons. The van der Waals surface area contributed by atoms with Crippen LogP contribution in [0.2, 0.25) is 0 Å². The van der Waals surface area contributed by atoms with Gasteiger partial charge in [-0.3, -0.25) is 4.79 Å². The molecule has 7 nitrogen and oxygen atoms in total. The maximum Gasteiger partial charge on any atom is 0.418 e. The first-order chi connectivity index (χ1) is 11.0. The lowest BCUT2D eigenvalue weighted by Gasteiger charge is -2.21. The lowest BCUT2D eigenvalue weighted by molar-refractivity contribution is -0.136. The molecule has 2 aromatic heterocycles. The summed E-state index contributed by atoms with van der Waals surface area (Å²) in [6, 6.07) is 0. The first kappa shape index (κ1) is 17.0. The van der Waals surface area contributed by atoms with E-state index in [9.17, 15) is 18.0 Å². The topological polar surface area (TPSA) is 83.1 Å². The summed E-state index contributed by atoms with van der Waals surface area (Å²) in [6.45, 7) is 2.89. The number of rotatable bonds is 2. The van der Waals surface area contributed by atoms with Crippen molar-refractivity contribution in [3.05, 3.63) is 18.1 Å². The number of aromatic nitrogens is 3. The minimum Gasteiger partial charge on any atom is -0.378 e. The number of hydrogen-bond acceptors (Lipinski definition) is 5. The molecule has 0 atom stereocenters. The van der Waals surface area contributed by atoms with Gasteiger partial charge in [0.15, 0.2) is 0 Å². The summed E-state index contributed by atoms with van der Waals surface area (Å²) in [4.78, 5) is 21.6. The second-order valence-corrected chi connectivity index (χ2v) is 4.65. The van der Waals surface area contributed by atoms with E-state index in [0.29, 0.717) is 13.2 Å². The van der Waals surface area contributed by atoms with Crippen LogP contribution in [0.3, 0.4) is 0 Å². The van der Waals surface area contributed by atoms with Crippen molar-refractivity contribution in [1.29, 1.82) is 0 Å². The van der Waals surface area contributed by atoms with Crippen LogP contribution in [0.1, 0.15) is 5.56 Å². The minimum absolute atomic E-state index is 0.0347. The Morgan fingerprint density at radius 2 is 2.04 bits per heavy atom. The van der Waals surface area contributed by atoms with Crippen LogP contribution in [0, 0.1) is 0 Å². The Bertz CT molecular complexity index is 653. The molecule has 3 rings (SSSR count). The van der Waals surface area contributed by atoms with Crippen molar-refractivity contribution in [3.8, 4) is 0 Å². The van der Waals surface area contributed by atoms with Crippen molar-refractivity contribution in [1.82, 2.24) is 19.9 Å². The first-order valence-corrected chi connectivity index (χ1v) is 6.81. The lowest BCUT2D eigenvalue weighted by atomic mass is 10.2. The molecule has 1 fully saturated rings. The summed E-state index contributed by atoms with van der Waals surface area (Å²) in [5.74, 6) is 0.161. The van der Waals surface area contributed by atoms with E-state index < -0.39 is 11.7 Å². The smallest absolute Gasteiger partial charge is 0.378 e. The van der Waals surface area contributed by atoms with Crippen LogP contribution in [0.5, 0.6) is 0 Å². The summed E-state index contributed by atoms with van der Waals surface area (Å²) in [5, 5.41) is 2.56. The van der Waals surface area contributed by atoms with Gasteiger partial charge in [0.05, 0.1) is 24.2 Å². The standard InChI is InChI=1S/C8H7F3N4.C5H9NO2/c1-12-6-5-4(8(9,10)11)2-13-7(5)15-3-14-6;7-5-6-1-3-8-4-2-6/h2-3H,1H3,(H2,12,13,14,15);5H,1-4H2. The van der Waals surface area contributed by atoms with Crippen molar-refractivity contribution in [2.45, 2.75) is 6.18 Å². The summed E-state index contributed by atoms with van der Waals surface area (Å²) in [5.41, 5.74) is -0.593.